The first-order valence-electron chi connectivity index (χ1n) is 7.28. The van der Waals surface area contributed by atoms with E-state index in [1.807, 2.05) is 31.0 Å². The van der Waals surface area contributed by atoms with Crippen LogP contribution in [0.15, 0.2) is 30.3 Å². The Balaban J connectivity index is 2.16. The first-order chi connectivity index (χ1) is 10.9. The van der Waals surface area contributed by atoms with Gasteiger partial charge in [-0.05, 0) is 55.4 Å². The number of ether oxygens (including phenoxy) is 2. The molecule has 0 radical (unpaired) electrons. The third-order valence-electron chi connectivity index (χ3n) is 3.73. The molecule has 124 valence electrons. The highest BCUT2D eigenvalue weighted by molar-refractivity contribution is 5.47. The number of methoxy groups -OCH3 is 2. The third kappa shape index (κ3) is 4.20. The molecule has 5 heteroatoms. The lowest BCUT2D eigenvalue weighted by molar-refractivity contribution is 0.310. The molecule has 2 rings (SSSR count). The minimum Gasteiger partial charge on any atom is -0.493 e. The fourth-order valence-electron chi connectivity index (χ4n) is 2.50. The predicted molar refractivity (Wildman–Crippen MR) is 85.8 cm³/mol. The molecule has 0 spiro atoms. The van der Waals surface area contributed by atoms with E-state index >= 15 is 0 Å². The highest BCUT2D eigenvalue weighted by atomic mass is 19.1. The normalized spacial score (nSPS) is 10.9. The van der Waals surface area contributed by atoms with Gasteiger partial charge in [0.25, 0.3) is 0 Å². The fraction of sp³-hybridized carbons (Fsp3) is 0.333. The molecule has 0 saturated carbocycles. The molecule has 3 nitrogen and oxygen atoms in total. The smallest absolute Gasteiger partial charge is 0.161 e. The van der Waals surface area contributed by atoms with Gasteiger partial charge in [-0.2, -0.15) is 0 Å². The van der Waals surface area contributed by atoms with Gasteiger partial charge in [0.1, 0.15) is 11.6 Å². The van der Waals surface area contributed by atoms with E-state index in [1.165, 1.54) is 6.07 Å². The van der Waals surface area contributed by atoms with Gasteiger partial charge in [0.2, 0.25) is 0 Å². The molecule has 0 aliphatic carbocycles. The van der Waals surface area contributed by atoms with Crippen LogP contribution in [0.1, 0.15) is 16.7 Å². The van der Waals surface area contributed by atoms with Crippen molar-refractivity contribution >= 4 is 0 Å². The molecule has 2 aromatic rings. The maximum absolute atomic E-state index is 13.7. The minimum absolute atomic E-state index is 0.317. The van der Waals surface area contributed by atoms with Crippen molar-refractivity contribution in [2.75, 3.05) is 21.3 Å². The fourth-order valence-corrected chi connectivity index (χ4v) is 2.50. The Kier molecular flexibility index (Phi) is 5.55. The summed E-state index contributed by atoms with van der Waals surface area (Å²) >= 11 is 0. The standard InChI is InChI=1S/C18H21F2NO2/c1-12-7-17(22-3)18(23-4)9-13(12)10-21(2)11-14-8-15(19)5-6-16(14)20/h5-9H,10-11H2,1-4H3. The Morgan fingerprint density at radius 2 is 1.52 bits per heavy atom. The molecular weight excluding hydrogens is 300 g/mol. The van der Waals surface area contributed by atoms with Crippen molar-refractivity contribution in [3.05, 3.63) is 58.7 Å². The molecule has 0 N–H and O–H groups in total. The van der Waals surface area contributed by atoms with Gasteiger partial charge in [-0.1, -0.05) is 0 Å². The predicted octanol–water partition coefficient (Wildman–Crippen LogP) is 3.92. The van der Waals surface area contributed by atoms with Crippen LogP contribution >= 0.6 is 0 Å². The Labute approximate surface area is 135 Å². The zero-order valence-corrected chi connectivity index (χ0v) is 13.8. The summed E-state index contributed by atoms with van der Waals surface area (Å²) < 4.78 is 37.6. The van der Waals surface area contributed by atoms with Crippen molar-refractivity contribution in [2.24, 2.45) is 0 Å². The second kappa shape index (κ2) is 7.42. The van der Waals surface area contributed by atoms with E-state index in [0.717, 1.165) is 23.3 Å². The summed E-state index contributed by atoms with van der Waals surface area (Å²) in [7, 11) is 5.04. The van der Waals surface area contributed by atoms with E-state index in [2.05, 4.69) is 0 Å². The minimum atomic E-state index is -0.433. The molecule has 0 bridgehead atoms. The van der Waals surface area contributed by atoms with E-state index in [0.29, 0.717) is 30.2 Å². The molecule has 0 unspecified atom stereocenters. The first kappa shape index (κ1) is 17.2. The Bertz CT molecular complexity index is 689. The highest BCUT2D eigenvalue weighted by Crippen LogP contribution is 2.30. The van der Waals surface area contributed by atoms with Crippen LogP contribution in [0.4, 0.5) is 8.78 Å². The van der Waals surface area contributed by atoms with E-state index in [-0.39, 0.29) is 0 Å². The molecule has 0 fully saturated rings. The van der Waals surface area contributed by atoms with E-state index in [4.69, 9.17) is 9.47 Å². The van der Waals surface area contributed by atoms with Gasteiger partial charge < -0.3 is 9.47 Å². The summed E-state index contributed by atoms with van der Waals surface area (Å²) in [6, 6.07) is 7.32. The van der Waals surface area contributed by atoms with Crippen LogP contribution in [0, 0.1) is 18.6 Å². The molecule has 2 aromatic carbocycles. The largest absolute Gasteiger partial charge is 0.493 e. The lowest BCUT2D eigenvalue weighted by Crippen LogP contribution is -2.19. The topological polar surface area (TPSA) is 21.7 Å². The van der Waals surface area contributed by atoms with Gasteiger partial charge in [0.15, 0.2) is 11.5 Å². The Hall–Kier alpha value is -2.14. The number of halogens is 2. The Morgan fingerprint density at radius 3 is 2.17 bits per heavy atom. The lowest BCUT2D eigenvalue weighted by Gasteiger charge is -2.20. The van der Waals surface area contributed by atoms with Crippen LogP contribution in [0.5, 0.6) is 11.5 Å². The number of hydrogen-bond acceptors (Lipinski definition) is 3. The lowest BCUT2D eigenvalue weighted by atomic mass is 10.1. The molecule has 0 atom stereocenters. The average molecular weight is 321 g/mol. The van der Waals surface area contributed by atoms with Gasteiger partial charge >= 0.3 is 0 Å². The van der Waals surface area contributed by atoms with Crippen molar-refractivity contribution in [2.45, 2.75) is 20.0 Å². The summed E-state index contributed by atoms with van der Waals surface area (Å²) in [6.45, 7) is 2.88. The van der Waals surface area contributed by atoms with Gasteiger partial charge in [0.05, 0.1) is 14.2 Å². The maximum atomic E-state index is 13.7. The number of aryl methyl sites for hydroxylation is 1. The summed E-state index contributed by atoms with van der Waals surface area (Å²) in [5, 5.41) is 0. The summed E-state index contributed by atoms with van der Waals surface area (Å²) in [5.74, 6) is 0.491. The molecule has 0 aliphatic rings. The van der Waals surface area contributed by atoms with E-state index in [1.54, 1.807) is 14.2 Å². The van der Waals surface area contributed by atoms with E-state index < -0.39 is 11.6 Å². The van der Waals surface area contributed by atoms with Crippen LogP contribution in [0.3, 0.4) is 0 Å². The van der Waals surface area contributed by atoms with E-state index in [9.17, 15) is 8.78 Å². The SMILES string of the molecule is COc1cc(C)c(CN(C)Cc2cc(F)ccc2F)cc1OC. The number of hydrogen-bond donors (Lipinski definition) is 0. The Morgan fingerprint density at radius 1 is 0.913 bits per heavy atom. The highest BCUT2D eigenvalue weighted by Gasteiger charge is 2.12. The number of rotatable bonds is 6. The molecule has 0 aromatic heterocycles. The van der Waals surface area contributed by atoms with Gasteiger partial charge in [-0.15, -0.1) is 0 Å². The molecule has 0 saturated heterocycles. The second-order valence-electron chi connectivity index (χ2n) is 5.54. The van der Waals surface area contributed by atoms with Crippen molar-refractivity contribution in [1.82, 2.24) is 4.90 Å². The van der Waals surface area contributed by atoms with Crippen LogP contribution in [0.2, 0.25) is 0 Å². The van der Waals surface area contributed by atoms with Crippen LogP contribution in [0.25, 0.3) is 0 Å². The van der Waals surface area contributed by atoms with Gasteiger partial charge in [-0.3, -0.25) is 4.90 Å². The molecule has 0 amide bonds. The summed E-state index contributed by atoms with van der Waals surface area (Å²) in [4.78, 5) is 1.92. The van der Waals surface area contributed by atoms with Crippen molar-refractivity contribution in [3.8, 4) is 11.5 Å². The molecule has 0 aliphatic heterocycles. The van der Waals surface area contributed by atoms with Crippen LogP contribution in [-0.4, -0.2) is 26.2 Å². The quantitative estimate of drug-likeness (QED) is 0.805. The van der Waals surface area contributed by atoms with Crippen LogP contribution < -0.4 is 9.47 Å². The van der Waals surface area contributed by atoms with Crippen LogP contribution in [-0.2, 0) is 13.1 Å². The maximum Gasteiger partial charge on any atom is 0.161 e. The van der Waals surface area contributed by atoms with Crippen molar-refractivity contribution in [1.29, 1.82) is 0 Å². The van der Waals surface area contributed by atoms with Gasteiger partial charge in [0, 0.05) is 18.7 Å². The summed E-state index contributed by atoms with van der Waals surface area (Å²) in [6.07, 6.45) is 0. The molecule has 0 heterocycles. The zero-order valence-electron chi connectivity index (χ0n) is 13.8. The first-order valence-corrected chi connectivity index (χ1v) is 7.28. The number of benzene rings is 2. The number of nitrogens with zero attached hydrogens (tertiary/aromatic N) is 1. The second-order valence-corrected chi connectivity index (χ2v) is 5.54. The van der Waals surface area contributed by atoms with Gasteiger partial charge in [-0.25, -0.2) is 8.78 Å². The average Bonchev–Trinajstić information content (AvgIpc) is 2.52. The third-order valence-corrected chi connectivity index (χ3v) is 3.73. The zero-order chi connectivity index (χ0) is 17.0. The van der Waals surface area contributed by atoms with Crippen molar-refractivity contribution in [3.63, 3.8) is 0 Å². The molecule has 23 heavy (non-hydrogen) atoms. The molecular formula is C18H21F2NO2. The summed E-state index contributed by atoms with van der Waals surface area (Å²) in [5.41, 5.74) is 2.43. The van der Waals surface area contributed by atoms with Crippen molar-refractivity contribution < 1.29 is 18.3 Å². The monoisotopic (exact) mass is 321 g/mol.